The average molecular weight is 609 g/mol. The zero-order valence-electron chi connectivity index (χ0n) is 26.1. The molecule has 10 rings (SSSR count). The summed E-state index contributed by atoms with van der Waals surface area (Å²) in [7, 11) is 0. The summed E-state index contributed by atoms with van der Waals surface area (Å²) >= 11 is 0. The van der Waals surface area contributed by atoms with E-state index in [1.54, 1.807) is 6.33 Å². The third-order valence-corrected chi connectivity index (χ3v) is 9.94. The quantitative estimate of drug-likeness (QED) is 0.186. The molecule has 2 nitrogen and oxygen atoms in total. The summed E-state index contributed by atoms with van der Waals surface area (Å²) in [4.78, 5) is 9.53. The normalized spacial score (nSPS) is 11.8. The smallest absolute Gasteiger partial charge is 0.116 e. The van der Waals surface area contributed by atoms with Crippen LogP contribution in [0.25, 0.3) is 99.3 Å². The van der Waals surface area contributed by atoms with E-state index in [-0.39, 0.29) is 0 Å². The van der Waals surface area contributed by atoms with Crippen LogP contribution in [-0.2, 0) is 0 Å². The Balaban J connectivity index is 1.05. The molecule has 0 fully saturated rings. The molecule has 48 heavy (non-hydrogen) atoms. The molecular formula is C46H28N2. The van der Waals surface area contributed by atoms with Crippen molar-refractivity contribution in [2.75, 3.05) is 0 Å². The van der Waals surface area contributed by atoms with Crippen LogP contribution in [0.1, 0.15) is 0 Å². The maximum absolute atomic E-state index is 4.80. The van der Waals surface area contributed by atoms with E-state index in [1.807, 2.05) is 0 Å². The minimum atomic E-state index is 0.975. The summed E-state index contributed by atoms with van der Waals surface area (Å²) in [6, 6.07) is 59.2. The fourth-order valence-electron chi connectivity index (χ4n) is 7.82. The zero-order chi connectivity index (χ0) is 31.6. The molecule has 0 aliphatic heterocycles. The molecule has 1 aromatic heterocycles. The van der Waals surface area contributed by atoms with Gasteiger partial charge in [0, 0.05) is 16.7 Å². The zero-order valence-corrected chi connectivity index (χ0v) is 26.1. The Hall–Kier alpha value is -6.38. The minimum Gasteiger partial charge on any atom is -0.236 e. The first kappa shape index (κ1) is 26.8. The van der Waals surface area contributed by atoms with Crippen LogP contribution >= 0.6 is 0 Å². The molecule has 1 aliphatic carbocycles. The van der Waals surface area contributed by atoms with Crippen LogP contribution in [0.2, 0.25) is 0 Å². The van der Waals surface area contributed by atoms with Crippen molar-refractivity contribution >= 4 is 32.3 Å². The first-order valence-corrected chi connectivity index (χ1v) is 16.4. The van der Waals surface area contributed by atoms with Crippen molar-refractivity contribution in [2.24, 2.45) is 0 Å². The summed E-state index contributed by atoms with van der Waals surface area (Å²) in [5.41, 5.74) is 14.0. The van der Waals surface area contributed by atoms with Gasteiger partial charge in [-0.05, 0) is 71.3 Å². The second-order valence-corrected chi connectivity index (χ2v) is 12.5. The molecule has 1 heterocycles. The van der Waals surface area contributed by atoms with Gasteiger partial charge in [0.1, 0.15) is 6.33 Å². The Morgan fingerprint density at radius 2 is 0.750 bits per heavy atom. The first-order valence-electron chi connectivity index (χ1n) is 16.4. The molecule has 0 saturated heterocycles. The van der Waals surface area contributed by atoms with E-state index >= 15 is 0 Å². The lowest BCUT2D eigenvalue weighted by Crippen LogP contribution is -1.92. The number of hydrogen-bond acceptors (Lipinski definition) is 2. The first-order chi connectivity index (χ1) is 23.8. The number of nitrogens with zero attached hydrogens (tertiary/aromatic N) is 2. The van der Waals surface area contributed by atoms with Crippen LogP contribution in [0.5, 0.6) is 0 Å². The van der Waals surface area contributed by atoms with Gasteiger partial charge < -0.3 is 0 Å². The Morgan fingerprint density at radius 3 is 1.33 bits per heavy atom. The third-order valence-electron chi connectivity index (χ3n) is 9.94. The summed E-state index contributed by atoms with van der Waals surface area (Å²) in [6.45, 7) is 0. The highest BCUT2D eigenvalue weighted by Gasteiger charge is 2.26. The molecule has 0 amide bonds. The number of fused-ring (bicyclic) bond motifs is 5. The highest BCUT2D eigenvalue weighted by atomic mass is 14.9. The number of benzene rings is 8. The predicted molar refractivity (Wildman–Crippen MR) is 201 cm³/mol. The van der Waals surface area contributed by atoms with E-state index in [9.17, 15) is 0 Å². The topological polar surface area (TPSA) is 25.8 Å². The van der Waals surface area contributed by atoms with Crippen LogP contribution in [0.3, 0.4) is 0 Å². The van der Waals surface area contributed by atoms with Crippen molar-refractivity contribution in [3.8, 4) is 67.0 Å². The van der Waals surface area contributed by atoms with E-state index in [0.717, 1.165) is 22.5 Å². The highest BCUT2D eigenvalue weighted by molar-refractivity contribution is 6.21. The van der Waals surface area contributed by atoms with Gasteiger partial charge in [0.25, 0.3) is 0 Å². The molecule has 0 saturated carbocycles. The minimum absolute atomic E-state index is 0.975. The van der Waals surface area contributed by atoms with Crippen LogP contribution in [0, 0.1) is 0 Å². The number of hydrogen-bond donors (Lipinski definition) is 0. The number of aromatic nitrogens is 2. The van der Waals surface area contributed by atoms with E-state index < -0.39 is 0 Å². The number of rotatable bonds is 4. The summed E-state index contributed by atoms with van der Waals surface area (Å²) in [6.07, 6.45) is 1.70. The lowest BCUT2D eigenvalue weighted by molar-refractivity contribution is 1.19. The molecule has 2 heteroatoms. The van der Waals surface area contributed by atoms with Gasteiger partial charge in [-0.3, -0.25) is 0 Å². The lowest BCUT2D eigenvalue weighted by atomic mass is 9.86. The largest absolute Gasteiger partial charge is 0.236 e. The van der Waals surface area contributed by atoms with Crippen molar-refractivity contribution in [2.45, 2.75) is 0 Å². The fraction of sp³-hybridized carbons (Fsp3) is 0. The van der Waals surface area contributed by atoms with E-state index in [4.69, 9.17) is 9.97 Å². The maximum atomic E-state index is 4.80. The predicted octanol–water partition coefficient (Wildman–Crippen LogP) is 12.3. The second-order valence-electron chi connectivity index (χ2n) is 12.5. The van der Waals surface area contributed by atoms with Crippen molar-refractivity contribution < 1.29 is 0 Å². The van der Waals surface area contributed by atoms with Gasteiger partial charge in [0.2, 0.25) is 0 Å². The van der Waals surface area contributed by atoms with Crippen LogP contribution in [-0.4, -0.2) is 9.97 Å². The van der Waals surface area contributed by atoms with E-state index in [2.05, 4.69) is 164 Å². The average Bonchev–Trinajstić information content (AvgIpc) is 3.50. The summed E-state index contributed by atoms with van der Waals surface area (Å²) < 4.78 is 0. The molecule has 0 atom stereocenters. The van der Waals surface area contributed by atoms with Gasteiger partial charge >= 0.3 is 0 Å². The van der Waals surface area contributed by atoms with E-state index in [1.165, 1.54) is 76.8 Å². The van der Waals surface area contributed by atoms with E-state index in [0.29, 0.717) is 0 Å². The molecule has 9 aromatic rings. The Kier molecular flexibility index (Phi) is 5.91. The van der Waals surface area contributed by atoms with Crippen molar-refractivity contribution in [1.82, 2.24) is 9.97 Å². The van der Waals surface area contributed by atoms with Crippen molar-refractivity contribution in [1.29, 1.82) is 0 Å². The summed E-state index contributed by atoms with van der Waals surface area (Å²) in [5.74, 6) is 0. The molecule has 0 bridgehead atoms. The Bertz CT molecular complexity index is 2630. The van der Waals surface area contributed by atoms with Crippen molar-refractivity contribution in [3.63, 3.8) is 0 Å². The molecule has 8 aromatic carbocycles. The lowest BCUT2D eigenvalue weighted by Gasteiger charge is -2.18. The molecule has 0 radical (unpaired) electrons. The Morgan fingerprint density at radius 1 is 0.292 bits per heavy atom. The van der Waals surface area contributed by atoms with Crippen LogP contribution in [0.4, 0.5) is 0 Å². The van der Waals surface area contributed by atoms with Gasteiger partial charge in [0.05, 0.1) is 11.4 Å². The molecule has 0 unspecified atom stereocenters. The van der Waals surface area contributed by atoms with Crippen molar-refractivity contribution in [3.05, 3.63) is 170 Å². The molecule has 222 valence electrons. The monoisotopic (exact) mass is 608 g/mol. The standard InChI is InChI=1S/C46H28N2/c1-2-10-31(11-3-1)41-35-14-4-6-16-37(35)42(38-17-7-5-15-36(38)41)33-24-20-29(21-25-33)30-22-26-34(27-23-30)45-44-39-18-8-12-32-13-9-19-40(43(32)39)46(44)48-28-47-45/h1-28H. The molecular weight excluding hydrogens is 581 g/mol. The van der Waals surface area contributed by atoms with Crippen LogP contribution < -0.4 is 0 Å². The van der Waals surface area contributed by atoms with Gasteiger partial charge in [-0.15, -0.1) is 0 Å². The van der Waals surface area contributed by atoms with Crippen LogP contribution in [0.15, 0.2) is 170 Å². The third kappa shape index (κ3) is 4.00. The highest BCUT2D eigenvalue weighted by Crippen LogP contribution is 2.49. The molecule has 0 N–H and O–H groups in total. The van der Waals surface area contributed by atoms with Gasteiger partial charge in [-0.25, -0.2) is 9.97 Å². The SMILES string of the molecule is c1ccc(-c2c3ccccc3c(-c3ccc(-c4ccc(-c5ncnc6c5-c5cccc7cccc-6c57)cc4)cc3)c3ccccc23)cc1. The maximum Gasteiger partial charge on any atom is 0.116 e. The second kappa shape index (κ2) is 10.6. The molecule has 1 aliphatic rings. The molecule has 0 spiro atoms. The summed E-state index contributed by atoms with van der Waals surface area (Å²) in [5, 5.41) is 7.58. The van der Waals surface area contributed by atoms with Gasteiger partial charge in [-0.1, -0.05) is 164 Å². The fourth-order valence-corrected chi connectivity index (χ4v) is 7.82. The van der Waals surface area contributed by atoms with Gasteiger partial charge in [-0.2, -0.15) is 0 Å². The Labute approximate surface area is 278 Å². The van der Waals surface area contributed by atoms with Gasteiger partial charge in [0.15, 0.2) is 0 Å².